The molecule has 0 saturated carbocycles. The maximum atomic E-state index is 14.3. The molecule has 1 saturated heterocycles. The Bertz CT molecular complexity index is 516. The van der Waals surface area contributed by atoms with Crippen LogP contribution in [0.5, 0.6) is 0 Å². The number of rotatable bonds is 4. The fourth-order valence-electron chi connectivity index (χ4n) is 2.55. The second kappa shape index (κ2) is 8.21. The summed E-state index contributed by atoms with van der Waals surface area (Å²) in [5.74, 6) is -3.27. The molecule has 1 heterocycles. The lowest BCUT2D eigenvalue weighted by Crippen LogP contribution is -2.51. The van der Waals surface area contributed by atoms with Gasteiger partial charge in [-0.2, -0.15) is 0 Å². The molecule has 0 bridgehead atoms. The molecule has 2 rings (SSSR count). The van der Waals surface area contributed by atoms with Gasteiger partial charge in [0.05, 0.1) is 5.69 Å². The van der Waals surface area contributed by atoms with E-state index < -0.39 is 18.6 Å². The van der Waals surface area contributed by atoms with Crippen molar-refractivity contribution in [3.8, 4) is 0 Å². The highest BCUT2D eigenvalue weighted by atomic mass is 79.9. The van der Waals surface area contributed by atoms with Gasteiger partial charge < -0.3 is 16.2 Å². The minimum Gasteiger partial charge on any atom is -0.398 e. The Kier molecular flexibility index (Phi) is 7.48. The summed E-state index contributed by atoms with van der Waals surface area (Å²) < 4.78 is 29.9. The van der Waals surface area contributed by atoms with Gasteiger partial charge in [0.25, 0.3) is 5.92 Å². The van der Waals surface area contributed by atoms with E-state index in [9.17, 15) is 8.78 Å². The first-order valence-electron chi connectivity index (χ1n) is 6.54. The van der Waals surface area contributed by atoms with Crippen LogP contribution in [0.1, 0.15) is 11.6 Å². The summed E-state index contributed by atoms with van der Waals surface area (Å²) in [6, 6.07) is 2.06. The van der Waals surface area contributed by atoms with Crippen molar-refractivity contribution in [1.29, 1.82) is 0 Å². The van der Waals surface area contributed by atoms with Crippen LogP contribution in [0.3, 0.4) is 0 Å². The molecule has 126 valence electrons. The molecule has 22 heavy (non-hydrogen) atoms. The number of benzene rings is 1. The molecule has 0 aliphatic carbocycles. The van der Waals surface area contributed by atoms with E-state index in [0.717, 1.165) is 0 Å². The Balaban J connectivity index is 0.00000242. The van der Waals surface area contributed by atoms with Crippen LogP contribution in [0.15, 0.2) is 21.1 Å². The summed E-state index contributed by atoms with van der Waals surface area (Å²) in [5.41, 5.74) is 6.58. The summed E-state index contributed by atoms with van der Waals surface area (Å²) in [7, 11) is 0. The van der Waals surface area contributed by atoms with Crippen LogP contribution < -0.4 is 11.1 Å². The molecule has 1 aromatic carbocycles. The third-order valence-corrected chi connectivity index (χ3v) is 4.66. The Hall–Kier alpha value is 0.01000. The highest BCUT2D eigenvalue weighted by Gasteiger charge is 2.45. The standard InChI is InChI=1S/C13H17Br2F2N3O.ClH/c14-8-5-9(11(18)10(15)6-8)12(13(16,17)7-21)20-3-1-19-2-4-20;/h5-6,12,19,21H,1-4,7,18H2;1H/t12-;/m1./s1. The van der Waals surface area contributed by atoms with E-state index in [4.69, 9.17) is 10.8 Å². The predicted octanol–water partition coefficient (Wildman–Crippen LogP) is 2.79. The van der Waals surface area contributed by atoms with Crippen molar-refractivity contribution in [2.75, 3.05) is 38.5 Å². The van der Waals surface area contributed by atoms with Crippen molar-refractivity contribution in [2.45, 2.75) is 12.0 Å². The molecule has 0 radical (unpaired) electrons. The number of aliphatic hydroxyl groups is 1. The van der Waals surface area contributed by atoms with E-state index in [1.807, 2.05) is 0 Å². The molecule has 0 amide bonds. The molecule has 4 nitrogen and oxygen atoms in total. The summed E-state index contributed by atoms with van der Waals surface area (Å²) in [6.45, 7) is 0.999. The molecule has 0 unspecified atom stereocenters. The summed E-state index contributed by atoms with van der Waals surface area (Å²) in [4.78, 5) is 1.66. The average molecular weight is 466 g/mol. The first-order valence-corrected chi connectivity index (χ1v) is 8.13. The van der Waals surface area contributed by atoms with Crippen LogP contribution in [0.4, 0.5) is 14.5 Å². The summed E-state index contributed by atoms with van der Waals surface area (Å²) >= 11 is 6.59. The van der Waals surface area contributed by atoms with Crippen LogP contribution in [0.2, 0.25) is 0 Å². The molecule has 0 spiro atoms. The number of hydrogen-bond donors (Lipinski definition) is 3. The van der Waals surface area contributed by atoms with Gasteiger partial charge in [0.1, 0.15) is 12.6 Å². The van der Waals surface area contributed by atoms with Gasteiger partial charge in [-0.15, -0.1) is 12.4 Å². The number of hydrogen-bond acceptors (Lipinski definition) is 4. The van der Waals surface area contributed by atoms with Crippen molar-refractivity contribution in [3.05, 3.63) is 26.6 Å². The lowest BCUT2D eigenvalue weighted by atomic mass is 9.96. The molecule has 0 aromatic heterocycles. The fourth-order valence-corrected chi connectivity index (χ4v) is 3.81. The van der Waals surface area contributed by atoms with E-state index in [-0.39, 0.29) is 18.1 Å². The maximum Gasteiger partial charge on any atom is 0.289 e. The number of nitrogens with zero attached hydrogens (tertiary/aromatic N) is 1. The minimum absolute atomic E-state index is 0. The van der Waals surface area contributed by atoms with Gasteiger partial charge in [-0.1, -0.05) is 15.9 Å². The van der Waals surface area contributed by atoms with Gasteiger partial charge in [0.2, 0.25) is 0 Å². The van der Waals surface area contributed by atoms with Gasteiger partial charge in [-0.25, -0.2) is 8.78 Å². The highest BCUT2D eigenvalue weighted by molar-refractivity contribution is 9.11. The minimum atomic E-state index is -3.27. The maximum absolute atomic E-state index is 14.3. The average Bonchev–Trinajstić information content (AvgIpc) is 2.45. The van der Waals surface area contributed by atoms with E-state index in [2.05, 4.69) is 37.2 Å². The summed E-state index contributed by atoms with van der Waals surface area (Å²) in [5, 5.41) is 12.3. The summed E-state index contributed by atoms with van der Waals surface area (Å²) in [6.07, 6.45) is 0. The normalized spacial score (nSPS) is 17.9. The number of aliphatic hydroxyl groups excluding tert-OH is 1. The van der Waals surface area contributed by atoms with Gasteiger partial charge >= 0.3 is 0 Å². The monoisotopic (exact) mass is 463 g/mol. The fraction of sp³-hybridized carbons (Fsp3) is 0.538. The second-order valence-electron chi connectivity index (χ2n) is 5.00. The smallest absolute Gasteiger partial charge is 0.289 e. The molecular formula is C13H18Br2ClF2N3O. The number of nitrogen functional groups attached to an aromatic ring is 1. The quantitative estimate of drug-likeness (QED) is 0.599. The molecule has 1 atom stereocenters. The zero-order valence-corrected chi connectivity index (χ0v) is 15.6. The molecule has 9 heteroatoms. The van der Waals surface area contributed by atoms with Crippen LogP contribution in [0.25, 0.3) is 0 Å². The third-order valence-electron chi connectivity index (χ3n) is 3.55. The van der Waals surface area contributed by atoms with E-state index >= 15 is 0 Å². The van der Waals surface area contributed by atoms with Gasteiger partial charge in [0, 0.05) is 40.7 Å². The Morgan fingerprint density at radius 3 is 2.45 bits per heavy atom. The Morgan fingerprint density at radius 1 is 1.32 bits per heavy atom. The number of piperazine rings is 1. The first-order chi connectivity index (χ1) is 9.86. The lowest BCUT2D eigenvalue weighted by Gasteiger charge is -2.39. The van der Waals surface area contributed by atoms with E-state index in [0.29, 0.717) is 40.7 Å². The highest BCUT2D eigenvalue weighted by Crippen LogP contribution is 2.42. The van der Waals surface area contributed by atoms with Crippen molar-refractivity contribution in [3.63, 3.8) is 0 Å². The number of halogens is 5. The van der Waals surface area contributed by atoms with Crippen LogP contribution in [-0.4, -0.2) is 48.7 Å². The number of nitrogens with one attached hydrogen (secondary N) is 1. The molecule has 1 aliphatic rings. The molecule has 4 N–H and O–H groups in total. The molecule has 1 aromatic rings. The zero-order chi connectivity index (χ0) is 15.6. The SMILES string of the molecule is Cl.Nc1c(Br)cc(Br)cc1[C@@H](N1CCNCC1)C(F)(F)CO. The molecule has 1 fully saturated rings. The number of nitrogens with two attached hydrogens (primary N) is 1. The zero-order valence-electron chi connectivity index (χ0n) is 11.7. The molecule has 1 aliphatic heterocycles. The number of alkyl halides is 2. The second-order valence-corrected chi connectivity index (χ2v) is 6.77. The van der Waals surface area contributed by atoms with Gasteiger partial charge in [-0.05, 0) is 28.1 Å². The lowest BCUT2D eigenvalue weighted by molar-refractivity contribution is -0.118. The number of anilines is 1. The Morgan fingerprint density at radius 2 is 1.91 bits per heavy atom. The largest absolute Gasteiger partial charge is 0.398 e. The third kappa shape index (κ3) is 4.30. The van der Waals surface area contributed by atoms with Crippen molar-refractivity contribution in [1.82, 2.24) is 10.2 Å². The predicted molar refractivity (Wildman–Crippen MR) is 92.7 cm³/mol. The van der Waals surface area contributed by atoms with Gasteiger partial charge in [-0.3, -0.25) is 4.90 Å². The Labute approximate surface area is 151 Å². The van der Waals surface area contributed by atoms with Crippen LogP contribution in [0, 0.1) is 0 Å². The van der Waals surface area contributed by atoms with Crippen molar-refractivity contribution < 1.29 is 13.9 Å². The van der Waals surface area contributed by atoms with Crippen LogP contribution in [-0.2, 0) is 0 Å². The van der Waals surface area contributed by atoms with Gasteiger partial charge in [0.15, 0.2) is 0 Å². The van der Waals surface area contributed by atoms with Crippen LogP contribution >= 0.6 is 44.3 Å². The first kappa shape index (κ1) is 20.1. The van der Waals surface area contributed by atoms with Crippen molar-refractivity contribution >= 4 is 50.0 Å². The molecular weight excluding hydrogens is 447 g/mol. The topological polar surface area (TPSA) is 61.5 Å². The van der Waals surface area contributed by atoms with E-state index in [1.54, 1.807) is 17.0 Å². The van der Waals surface area contributed by atoms with Crippen molar-refractivity contribution in [2.24, 2.45) is 0 Å². The van der Waals surface area contributed by atoms with E-state index in [1.165, 1.54) is 0 Å².